The molecule has 0 atom stereocenters. The number of rotatable bonds is 17. The molecule has 0 amide bonds. The molecule has 0 aromatic rings. The fraction of sp³-hybridized carbons (Fsp3) is 1.00. The van der Waals surface area contributed by atoms with Gasteiger partial charge in [-0.1, -0.05) is 6.92 Å². The van der Waals surface area contributed by atoms with E-state index in [1.165, 1.54) is 0 Å². The lowest BCUT2D eigenvalue weighted by Crippen LogP contribution is -2.79. The second-order valence-electron chi connectivity index (χ2n) is 10.8. The number of hydrogen-bond acceptors (Lipinski definition) is 0. The first-order valence-electron chi connectivity index (χ1n) is 11.7. The minimum absolute atomic E-state index is 0.337. The van der Waals surface area contributed by atoms with E-state index in [0.29, 0.717) is 14.1 Å². The fourth-order valence-electron chi connectivity index (χ4n) is 3.67. The second kappa shape index (κ2) is 12.0. The van der Waals surface area contributed by atoms with Crippen molar-refractivity contribution in [1.29, 1.82) is 0 Å². The van der Waals surface area contributed by atoms with Gasteiger partial charge in [-0.3, -0.25) is 0 Å². The van der Waals surface area contributed by atoms with Crippen LogP contribution in [0.3, 0.4) is 0 Å². The molecule has 0 aromatic heterocycles. The van der Waals surface area contributed by atoms with Gasteiger partial charge in [0.2, 0.25) is 0 Å². The molecule has 0 radical (unpaired) electrons. The van der Waals surface area contributed by atoms with Gasteiger partial charge in [0.25, 0.3) is 0 Å². The Bertz CT molecular complexity index is 1160. The van der Waals surface area contributed by atoms with Crippen LogP contribution in [0.1, 0.15) is 13.3 Å². The number of quaternary nitrogens is 1. The summed E-state index contributed by atoms with van der Waals surface area (Å²) in [5.41, 5.74) is 0. The Balaban J connectivity index is 7.48. The van der Waals surface area contributed by atoms with Crippen molar-refractivity contribution in [3.63, 3.8) is 0 Å². The first kappa shape index (κ1) is 47.0. The van der Waals surface area contributed by atoms with Crippen molar-refractivity contribution in [1.82, 2.24) is 0 Å². The summed E-state index contributed by atoms with van der Waals surface area (Å²) in [6.45, 7) is -2.55. The van der Waals surface area contributed by atoms with Gasteiger partial charge in [0.05, 0.1) is 20.6 Å². The van der Waals surface area contributed by atoms with Crippen LogP contribution in [0.2, 0.25) is 0 Å². The molecule has 0 unspecified atom stereocenters. The predicted octanol–water partition coefficient (Wildman–Crippen LogP) is 10.00. The van der Waals surface area contributed by atoms with E-state index < -0.39 is 101 Å². The quantitative estimate of drug-likeness (QED) is 0.102. The van der Waals surface area contributed by atoms with Crippen molar-refractivity contribution in [2.24, 2.45) is 0 Å². The van der Waals surface area contributed by atoms with Crippen molar-refractivity contribution in [3.8, 4) is 0 Å². The van der Waals surface area contributed by atoms with Gasteiger partial charge in [0, 0.05) is 0 Å². The summed E-state index contributed by atoms with van der Waals surface area (Å²) in [4.78, 5) is 0. The highest BCUT2D eigenvalue weighted by Crippen LogP contribution is 2.68. The van der Waals surface area contributed by atoms with Gasteiger partial charge >= 0.3 is 83.4 Å². The molecule has 0 spiro atoms. The molecule has 0 saturated heterocycles. The van der Waals surface area contributed by atoms with E-state index in [9.17, 15) is 123 Å². The summed E-state index contributed by atoms with van der Waals surface area (Å²) in [6, 6.07) is 0. The third-order valence-electron chi connectivity index (χ3n) is 6.55. The smallest absolute Gasteiger partial charge is 0.323 e. The van der Waals surface area contributed by atoms with Crippen LogP contribution < -0.4 is 0 Å². The Kier molecular flexibility index (Phi) is 11.5. The summed E-state index contributed by atoms with van der Waals surface area (Å²) in [7, 11) is 0.859. The number of alkyl halides is 28. The fourth-order valence-corrected chi connectivity index (χ4v) is 3.67. The molecular formula is C20H16F28N+. The second-order valence-corrected chi connectivity index (χ2v) is 10.8. The monoisotopic (exact) mass is 802 g/mol. The summed E-state index contributed by atoms with van der Waals surface area (Å²) in [6.07, 6.45) is -6.70. The number of hydrogen-bond donors (Lipinski definition) is 0. The lowest BCUT2D eigenvalue weighted by atomic mass is 9.83. The SMILES string of the molecule is CCC[N+](C)(C)CC(F)(F)C(F)(F)C(F)(F)C(F)(F)C(F)(F)C(F)(F)C(F)(F)C(F)(F)C(F)(F)C(F)(F)C(F)(F)C(F)(F)C(F)(F)C(F)F. The highest BCUT2D eigenvalue weighted by molar-refractivity contribution is 5.21. The first-order chi connectivity index (χ1) is 20.7. The van der Waals surface area contributed by atoms with Crippen LogP contribution in [0.5, 0.6) is 0 Å². The van der Waals surface area contributed by atoms with Gasteiger partial charge < -0.3 is 4.48 Å². The predicted molar refractivity (Wildman–Crippen MR) is 102 cm³/mol. The van der Waals surface area contributed by atoms with Gasteiger partial charge in [0.1, 0.15) is 6.54 Å². The van der Waals surface area contributed by atoms with Gasteiger partial charge in [-0.25, -0.2) is 8.78 Å². The Morgan fingerprint density at radius 3 is 0.776 bits per heavy atom. The summed E-state index contributed by atoms with van der Waals surface area (Å²) < 4.78 is 380. The van der Waals surface area contributed by atoms with E-state index in [4.69, 9.17) is 0 Å². The van der Waals surface area contributed by atoms with Crippen LogP contribution in [-0.4, -0.2) is 115 Å². The third kappa shape index (κ3) is 5.98. The molecule has 0 heterocycles. The van der Waals surface area contributed by atoms with Crippen molar-refractivity contribution in [3.05, 3.63) is 0 Å². The zero-order valence-electron chi connectivity index (χ0n) is 23.2. The van der Waals surface area contributed by atoms with E-state index in [1.807, 2.05) is 0 Å². The number of nitrogens with zero attached hydrogens (tertiary/aromatic N) is 1. The standard InChI is InChI=1S/C20H16F28N/c1-4-5-49(2,3)6-8(23,24)10(27,28)12(31,32)14(35,36)16(39,40)18(43,44)20(47,48)19(45,46)17(41,42)15(37,38)13(33,34)11(29,30)9(25,26)7(21)22/h7H,4-6H2,1-3H3/q+1. The molecule has 0 bridgehead atoms. The molecule has 0 saturated carbocycles. The van der Waals surface area contributed by atoms with Crippen LogP contribution in [-0.2, 0) is 0 Å². The van der Waals surface area contributed by atoms with Crippen LogP contribution >= 0.6 is 0 Å². The van der Waals surface area contributed by atoms with Crippen LogP contribution in [0, 0.1) is 0 Å². The minimum atomic E-state index is -9.82. The molecule has 0 N–H and O–H groups in total. The largest absolute Gasteiger partial charge is 0.385 e. The average molecular weight is 802 g/mol. The maximum atomic E-state index is 14.1. The van der Waals surface area contributed by atoms with E-state index in [1.54, 1.807) is 0 Å². The van der Waals surface area contributed by atoms with Crippen LogP contribution in [0.4, 0.5) is 123 Å². The van der Waals surface area contributed by atoms with Gasteiger partial charge in [-0.15, -0.1) is 0 Å². The zero-order valence-corrected chi connectivity index (χ0v) is 23.2. The average Bonchev–Trinajstić information content (AvgIpc) is 2.86. The molecule has 0 aromatic carbocycles. The van der Waals surface area contributed by atoms with Crippen LogP contribution in [0.25, 0.3) is 0 Å². The first-order valence-corrected chi connectivity index (χ1v) is 11.7. The van der Waals surface area contributed by atoms with Crippen molar-refractivity contribution in [2.75, 3.05) is 27.2 Å². The van der Waals surface area contributed by atoms with Gasteiger partial charge in [0.15, 0.2) is 0 Å². The van der Waals surface area contributed by atoms with Gasteiger partial charge in [-0.2, -0.15) is 114 Å². The Labute approximate surface area is 252 Å². The molecule has 0 aliphatic rings. The summed E-state index contributed by atoms with van der Waals surface area (Å²) >= 11 is 0. The highest BCUT2D eigenvalue weighted by Gasteiger charge is 3.00. The summed E-state index contributed by atoms with van der Waals surface area (Å²) in [5, 5.41) is 0. The summed E-state index contributed by atoms with van der Waals surface area (Å²) in [5.74, 6) is -118. The third-order valence-corrected chi connectivity index (χ3v) is 6.55. The molecular weight excluding hydrogens is 786 g/mol. The molecule has 0 fully saturated rings. The lowest BCUT2D eigenvalue weighted by molar-refractivity contribution is -0.899. The zero-order chi connectivity index (χ0) is 40.7. The molecule has 1 nitrogen and oxygen atoms in total. The molecule has 296 valence electrons. The molecule has 0 rings (SSSR count). The molecule has 0 aliphatic carbocycles. The van der Waals surface area contributed by atoms with Crippen LogP contribution in [0.15, 0.2) is 0 Å². The normalized spacial score (nSPS) is 16.9. The number of halogens is 28. The van der Waals surface area contributed by atoms with E-state index >= 15 is 0 Å². The Morgan fingerprint density at radius 1 is 0.367 bits per heavy atom. The highest BCUT2D eigenvalue weighted by atomic mass is 19.4. The van der Waals surface area contributed by atoms with E-state index in [2.05, 4.69) is 0 Å². The minimum Gasteiger partial charge on any atom is -0.323 e. The lowest BCUT2D eigenvalue weighted by Gasteiger charge is -2.46. The maximum absolute atomic E-state index is 14.1. The van der Waals surface area contributed by atoms with Crippen molar-refractivity contribution >= 4 is 0 Å². The maximum Gasteiger partial charge on any atom is 0.385 e. The topological polar surface area (TPSA) is 0 Å². The molecule has 29 heteroatoms. The van der Waals surface area contributed by atoms with E-state index in [-0.39, 0.29) is 6.42 Å². The van der Waals surface area contributed by atoms with E-state index in [0.717, 1.165) is 6.92 Å². The van der Waals surface area contributed by atoms with Crippen molar-refractivity contribution < 1.29 is 127 Å². The van der Waals surface area contributed by atoms with Crippen molar-refractivity contribution in [2.45, 2.75) is 96.8 Å². The Morgan fingerprint density at radius 2 is 0.571 bits per heavy atom. The molecule has 49 heavy (non-hydrogen) atoms. The Hall–Kier alpha value is -2.00. The van der Waals surface area contributed by atoms with Gasteiger partial charge in [-0.05, 0) is 6.42 Å². The molecule has 0 aliphatic heterocycles.